The van der Waals surface area contributed by atoms with E-state index in [2.05, 4.69) is 10.6 Å². The van der Waals surface area contributed by atoms with Crippen LogP contribution in [0, 0.1) is 13.8 Å². The van der Waals surface area contributed by atoms with Crippen LogP contribution in [0.25, 0.3) is 6.08 Å². The average Bonchev–Trinajstić information content (AvgIpc) is 3.04. The van der Waals surface area contributed by atoms with Gasteiger partial charge in [0.05, 0.1) is 0 Å². The summed E-state index contributed by atoms with van der Waals surface area (Å²) in [7, 11) is 0. The normalized spacial score (nSPS) is 14.1. The fourth-order valence-electron chi connectivity index (χ4n) is 3.81. The van der Waals surface area contributed by atoms with Gasteiger partial charge in [0.25, 0.3) is 0 Å². The topological polar surface area (TPSA) is 48.3 Å². The molecule has 0 bridgehead atoms. The molecule has 0 amide bonds. The third kappa shape index (κ3) is 5.80. The number of ether oxygens (including phenoxy) is 1. The maximum Gasteiger partial charge on any atom is 0.331 e. The highest BCUT2D eigenvalue weighted by Gasteiger charge is 2.17. The van der Waals surface area contributed by atoms with Gasteiger partial charge >= 0.3 is 5.97 Å². The molecular weight excluding hydrogens is 362 g/mol. The number of hydrogen-bond donors (Lipinski definition) is 0. The van der Waals surface area contributed by atoms with E-state index in [9.17, 15) is 9.59 Å². The van der Waals surface area contributed by atoms with Gasteiger partial charge in [0.15, 0.2) is 6.61 Å². The Morgan fingerprint density at radius 3 is 2.66 bits per heavy atom. The number of ketones is 1. The maximum absolute atomic E-state index is 12.6. The number of benzene rings is 1. The zero-order chi connectivity index (χ0) is 20.6. The van der Waals surface area contributed by atoms with Gasteiger partial charge in [-0.3, -0.25) is 4.79 Å². The van der Waals surface area contributed by atoms with Crippen LogP contribution in [0.5, 0.6) is 0 Å². The van der Waals surface area contributed by atoms with Crippen LogP contribution in [0.15, 0.2) is 54.1 Å². The number of aromatic nitrogens is 1. The second-order valence-corrected chi connectivity index (χ2v) is 7.57. The number of aryl methyl sites for hydroxylation is 1. The minimum atomic E-state index is -0.514. The molecule has 0 radical (unpaired) electrons. The van der Waals surface area contributed by atoms with Crippen molar-refractivity contribution in [2.24, 2.45) is 0 Å². The van der Waals surface area contributed by atoms with Crippen molar-refractivity contribution in [3.63, 3.8) is 0 Å². The summed E-state index contributed by atoms with van der Waals surface area (Å²) in [6.07, 6.45) is 11.4. The van der Waals surface area contributed by atoms with E-state index >= 15 is 0 Å². The van der Waals surface area contributed by atoms with Crippen LogP contribution in [0.4, 0.5) is 0 Å². The number of nitrogens with zero attached hydrogens (tertiary/aromatic N) is 1. The molecule has 0 N–H and O–H groups in total. The summed E-state index contributed by atoms with van der Waals surface area (Å²) in [5, 5.41) is 0. The Morgan fingerprint density at radius 2 is 1.93 bits per heavy atom. The lowest BCUT2D eigenvalue weighted by Gasteiger charge is -2.15. The van der Waals surface area contributed by atoms with Crippen molar-refractivity contribution in [1.29, 1.82) is 0 Å². The van der Waals surface area contributed by atoms with Crippen LogP contribution in [-0.2, 0) is 16.1 Å². The van der Waals surface area contributed by atoms with E-state index in [4.69, 9.17) is 4.74 Å². The molecule has 2 aromatic rings. The van der Waals surface area contributed by atoms with Gasteiger partial charge in [-0.2, -0.15) is 0 Å². The summed E-state index contributed by atoms with van der Waals surface area (Å²) >= 11 is 0. The summed E-state index contributed by atoms with van der Waals surface area (Å²) in [6.45, 7) is 4.63. The molecule has 0 aliphatic heterocycles. The molecular formula is C25H29NO3. The fraction of sp³-hybridized carbons (Fsp3) is 0.360. The molecule has 0 saturated carbocycles. The molecule has 29 heavy (non-hydrogen) atoms. The molecule has 0 unspecified atom stereocenters. The fourth-order valence-corrected chi connectivity index (χ4v) is 3.81. The molecule has 1 aliphatic rings. The molecule has 4 nitrogen and oxygen atoms in total. The van der Waals surface area contributed by atoms with Crippen molar-refractivity contribution >= 4 is 17.8 Å². The Hall–Kier alpha value is -2.88. The average molecular weight is 392 g/mol. The molecule has 0 fully saturated rings. The van der Waals surface area contributed by atoms with Crippen molar-refractivity contribution in [1.82, 2.24) is 4.57 Å². The molecule has 0 saturated heterocycles. The Kier molecular flexibility index (Phi) is 7.23. The monoisotopic (exact) mass is 391 g/mol. The Morgan fingerprint density at radius 1 is 1.14 bits per heavy atom. The van der Waals surface area contributed by atoms with E-state index < -0.39 is 5.97 Å². The smallest absolute Gasteiger partial charge is 0.331 e. The first-order chi connectivity index (χ1) is 14.0. The van der Waals surface area contributed by atoms with Crippen molar-refractivity contribution in [3.05, 3.63) is 76.6 Å². The summed E-state index contributed by atoms with van der Waals surface area (Å²) in [4.78, 5) is 24.5. The van der Waals surface area contributed by atoms with E-state index in [0.717, 1.165) is 29.9 Å². The second-order valence-electron chi connectivity index (χ2n) is 7.57. The van der Waals surface area contributed by atoms with Crippen molar-refractivity contribution in [3.8, 4) is 0 Å². The lowest BCUT2D eigenvalue weighted by Crippen LogP contribution is -2.14. The van der Waals surface area contributed by atoms with Gasteiger partial charge in [-0.15, -0.1) is 0 Å². The highest BCUT2D eigenvalue weighted by Crippen LogP contribution is 2.23. The van der Waals surface area contributed by atoms with Crippen molar-refractivity contribution in [2.75, 3.05) is 6.61 Å². The highest BCUT2D eigenvalue weighted by atomic mass is 16.5. The van der Waals surface area contributed by atoms with Crippen molar-refractivity contribution in [2.45, 2.75) is 52.5 Å². The maximum atomic E-state index is 12.6. The van der Waals surface area contributed by atoms with E-state index in [1.165, 1.54) is 37.3 Å². The van der Waals surface area contributed by atoms with E-state index in [-0.39, 0.29) is 12.4 Å². The van der Waals surface area contributed by atoms with Gasteiger partial charge in [0.2, 0.25) is 5.78 Å². The van der Waals surface area contributed by atoms with E-state index in [1.807, 2.05) is 50.2 Å². The zero-order valence-electron chi connectivity index (χ0n) is 17.3. The molecule has 0 atom stereocenters. The highest BCUT2D eigenvalue weighted by molar-refractivity contribution is 6.00. The predicted molar refractivity (Wildman–Crippen MR) is 116 cm³/mol. The second kappa shape index (κ2) is 10.1. The molecule has 1 heterocycles. The third-order valence-electron chi connectivity index (χ3n) is 5.47. The van der Waals surface area contributed by atoms with E-state index in [0.29, 0.717) is 5.56 Å². The quantitative estimate of drug-likeness (QED) is 0.261. The molecule has 0 spiro atoms. The Bertz CT molecular complexity index is 919. The molecule has 1 aromatic heterocycles. The molecule has 3 rings (SSSR count). The third-order valence-corrected chi connectivity index (χ3v) is 5.47. The Labute approximate surface area is 172 Å². The van der Waals surface area contributed by atoms with Crippen LogP contribution < -0.4 is 0 Å². The van der Waals surface area contributed by atoms with Crippen LogP contribution in [0.3, 0.4) is 0 Å². The van der Waals surface area contributed by atoms with Crippen LogP contribution in [0.1, 0.15) is 59.4 Å². The predicted octanol–water partition coefficient (Wildman–Crippen LogP) is 5.43. The first kappa shape index (κ1) is 20.8. The standard InChI is InChI=1S/C25H29NO3/c1-19-17-23(20(2)26(19)16-15-22-11-7-4-8-12-22)24(27)18-29-25(28)14-13-21-9-5-3-6-10-21/h3,5-6,9-11,13-14,17H,4,7-8,12,15-16,18H2,1-2H3/b14-13+. The minimum Gasteiger partial charge on any atom is -0.454 e. The van der Waals surface area contributed by atoms with Crippen LogP contribution in [-0.4, -0.2) is 22.9 Å². The Balaban J connectivity index is 1.55. The van der Waals surface area contributed by atoms with Gasteiger partial charge in [-0.05, 0) is 63.7 Å². The molecule has 152 valence electrons. The largest absolute Gasteiger partial charge is 0.454 e. The lowest BCUT2D eigenvalue weighted by molar-refractivity contribution is -0.136. The minimum absolute atomic E-state index is 0.164. The van der Waals surface area contributed by atoms with Gasteiger partial charge < -0.3 is 9.30 Å². The first-order valence-electron chi connectivity index (χ1n) is 10.3. The summed E-state index contributed by atoms with van der Waals surface area (Å²) < 4.78 is 7.34. The van der Waals surface area contributed by atoms with Gasteiger partial charge in [-0.25, -0.2) is 4.79 Å². The summed E-state index contributed by atoms with van der Waals surface area (Å²) in [6, 6.07) is 11.4. The number of allylic oxidation sites excluding steroid dienone is 2. The lowest BCUT2D eigenvalue weighted by atomic mass is 9.97. The number of Topliss-reactive ketones (excluding diaryl/α,β-unsaturated/α-hetero) is 1. The number of esters is 1. The molecule has 1 aromatic carbocycles. The van der Waals surface area contributed by atoms with Gasteiger partial charge in [0, 0.05) is 29.6 Å². The zero-order valence-corrected chi connectivity index (χ0v) is 17.3. The summed E-state index contributed by atoms with van der Waals surface area (Å²) in [5.41, 5.74) is 5.08. The van der Waals surface area contributed by atoms with Gasteiger partial charge in [-0.1, -0.05) is 42.0 Å². The number of rotatable bonds is 8. The summed E-state index contributed by atoms with van der Waals surface area (Å²) in [5.74, 6) is -0.678. The van der Waals surface area contributed by atoms with Gasteiger partial charge in [0.1, 0.15) is 0 Å². The van der Waals surface area contributed by atoms with E-state index in [1.54, 1.807) is 6.08 Å². The molecule has 1 aliphatic carbocycles. The number of carbonyl (C=O) groups excluding carboxylic acids is 2. The first-order valence-corrected chi connectivity index (χ1v) is 10.3. The SMILES string of the molecule is Cc1cc(C(=O)COC(=O)/C=C/c2ccccc2)c(C)n1CCC1=CCCCC1. The molecule has 4 heteroatoms. The number of carbonyl (C=O) groups is 2. The van der Waals surface area contributed by atoms with Crippen LogP contribution in [0.2, 0.25) is 0 Å². The van der Waals surface area contributed by atoms with Crippen LogP contribution >= 0.6 is 0 Å². The van der Waals surface area contributed by atoms with Crippen molar-refractivity contribution < 1.29 is 14.3 Å². The number of hydrogen-bond acceptors (Lipinski definition) is 3.